The van der Waals surface area contributed by atoms with E-state index in [0.29, 0.717) is 17.2 Å². The van der Waals surface area contributed by atoms with Crippen molar-refractivity contribution in [3.05, 3.63) is 76.7 Å². The molecule has 1 amide bonds. The van der Waals surface area contributed by atoms with Crippen LogP contribution < -0.4 is 10.1 Å². The highest BCUT2D eigenvalue weighted by Crippen LogP contribution is 2.33. The quantitative estimate of drug-likeness (QED) is 0.344. The molecule has 0 saturated carbocycles. The molecule has 0 unspecified atom stereocenters. The van der Waals surface area contributed by atoms with Gasteiger partial charge in [-0.1, -0.05) is 18.2 Å². The summed E-state index contributed by atoms with van der Waals surface area (Å²) >= 11 is 1.49. The molecule has 0 atom stereocenters. The van der Waals surface area contributed by atoms with Crippen LogP contribution >= 0.6 is 11.3 Å². The fraction of sp³-hybridized carbons (Fsp3) is 0.208. The minimum Gasteiger partial charge on any atom is -0.460 e. The van der Waals surface area contributed by atoms with Crippen LogP contribution in [0.2, 0.25) is 0 Å². The van der Waals surface area contributed by atoms with Crippen molar-refractivity contribution >= 4 is 22.9 Å². The van der Waals surface area contributed by atoms with Crippen molar-refractivity contribution < 1.29 is 22.7 Å². The molecular weight excluding hydrogens is 465 g/mol. The van der Waals surface area contributed by atoms with Gasteiger partial charge in [-0.2, -0.15) is 18.2 Å². The number of carbonyl (C=O) groups excluding carboxylic acids is 1. The fourth-order valence-corrected chi connectivity index (χ4v) is 3.98. The second-order valence-electron chi connectivity index (χ2n) is 7.81. The summed E-state index contributed by atoms with van der Waals surface area (Å²) in [5.74, 6) is -0.0777. The van der Waals surface area contributed by atoms with Crippen molar-refractivity contribution in [2.24, 2.45) is 0 Å². The Kier molecular flexibility index (Phi) is 6.43. The van der Waals surface area contributed by atoms with Gasteiger partial charge in [-0.15, -0.1) is 16.4 Å². The minimum atomic E-state index is -4.54. The van der Waals surface area contributed by atoms with Crippen molar-refractivity contribution in [1.29, 1.82) is 0 Å². The number of aromatic nitrogens is 3. The number of amides is 1. The van der Waals surface area contributed by atoms with Crippen molar-refractivity contribution in [3.8, 4) is 22.4 Å². The summed E-state index contributed by atoms with van der Waals surface area (Å²) in [7, 11) is 0. The highest BCUT2D eigenvalue weighted by atomic mass is 32.1. The van der Waals surface area contributed by atoms with E-state index >= 15 is 0 Å². The van der Waals surface area contributed by atoms with Gasteiger partial charge in [-0.05, 0) is 68.1 Å². The summed E-state index contributed by atoms with van der Waals surface area (Å²) < 4.78 is 47.0. The van der Waals surface area contributed by atoms with Crippen molar-refractivity contribution in [1.82, 2.24) is 14.8 Å². The van der Waals surface area contributed by atoms with E-state index in [1.807, 2.05) is 31.4 Å². The van der Waals surface area contributed by atoms with Gasteiger partial charge in [0.25, 0.3) is 5.91 Å². The third-order valence-corrected chi connectivity index (χ3v) is 5.69. The number of hydrogen-bond acceptors (Lipinski definition) is 5. The van der Waals surface area contributed by atoms with E-state index in [4.69, 9.17) is 4.74 Å². The smallest absolute Gasteiger partial charge is 0.416 e. The van der Waals surface area contributed by atoms with Gasteiger partial charge < -0.3 is 10.1 Å². The average Bonchev–Trinajstić information content (AvgIpc) is 3.43. The Morgan fingerprint density at radius 1 is 1.12 bits per heavy atom. The molecule has 0 fully saturated rings. The Hall–Kier alpha value is -3.66. The molecule has 0 aliphatic heterocycles. The van der Waals surface area contributed by atoms with Crippen LogP contribution in [-0.4, -0.2) is 26.8 Å². The van der Waals surface area contributed by atoms with Crippen molar-refractivity contribution in [2.45, 2.75) is 33.1 Å². The summed E-state index contributed by atoms with van der Waals surface area (Å²) in [5, 5.41) is 9.04. The summed E-state index contributed by atoms with van der Waals surface area (Å²) in [6, 6.07) is 14.3. The molecule has 176 valence electrons. The minimum absolute atomic E-state index is 0.0535. The van der Waals surface area contributed by atoms with Gasteiger partial charge in [-0.3, -0.25) is 4.79 Å². The van der Waals surface area contributed by atoms with Crippen LogP contribution in [-0.2, 0) is 6.18 Å². The normalized spacial score (nSPS) is 11.6. The van der Waals surface area contributed by atoms with Crippen molar-refractivity contribution in [2.75, 3.05) is 5.32 Å². The molecule has 1 N–H and O–H groups in total. The van der Waals surface area contributed by atoms with Crippen LogP contribution in [0.25, 0.3) is 16.4 Å². The standard InChI is InChI=1S/C24H21F3N4O2S/c1-14(2)33-23-29-21(20-8-5-11-34-20)31(30-23)18-7-4-6-17(13-18)28-22(32)16-10-9-15(3)19(12-16)24(25,26)27/h4-14H,1-3H3,(H,28,32). The lowest BCUT2D eigenvalue weighted by Gasteiger charge is -2.13. The van der Waals surface area contributed by atoms with Crippen LogP contribution in [0.15, 0.2) is 60.0 Å². The number of rotatable bonds is 6. The third-order valence-electron chi connectivity index (χ3n) is 4.82. The Balaban J connectivity index is 1.65. The van der Waals surface area contributed by atoms with Gasteiger partial charge in [0.2, 0.25) is 0 Å². The monoisotopic (exact) mass is 486 g/mol. The number of nitrogens with one attached hydrogen (secondary N) is 1. The number of halogens is 3. The molecule has 2 aromatic heterocycles. The topological polar surface area (TPSA) is 69.0 Å². The molecule has 0 saturated heterocycles. The molecule has 2 aromatic carbocycles. The average molecular weight is 487 g/mol. The van der Waals surface area contributed by atoms with Crippen LogP contribution in [0.1, 0.15) is 35.3 Å². The molecule has 2 heterocycles. The van der Waals surface area contributed by atoms with Gasteiger partial charge >= 0.3 is 12.2 Å². The summed E-state index contributed by atoms with van der Waals surface area (Å²) in [5.41, 5.74) is 0.131. The van der Waals surface area contributed by atoms with Gasteiger partial charge in [0.05, 0.1) is 22.2 Å². The molecule has 34 heavy (non-hydrogen) atoms. The number of benzene rings is 2. The van der Waals surface area contributed by atoms with Crippen LogP contribution in [0, 0.1) is 6.92 Å². The molecule has 0 aliphatic rings. The van der Waals surface area contributed by atoms with Crippen LogP contribution in [0.5, 0.6) is 6.01 Å². The molecule has 0 radical (unpaired) electrons. The molecule has 0 bridgehead atoms. The number of nitrogens with zero attached hydrogens (tertiary/aromatic N) is 3. The highest BCUT2D eigenvalue weighted by molar-refractivity contribution is 7.13. The van der Waals surface area contributed by atoms with Crippen molar-refractivity contribution in [3.63, 3.8) is 0 Å². The molecule has 4 aromatic rings. The van der Waals surface area contributed by atoms with Gasteiger partial charge in [-0.25, -0.2) is 4.68 Å². The number of carbonyl (C=O) groups is 1. The number of thiophene rings is 1. The van der Waals surface area contributed by atoms with Crippen LogP contribution in [0.3, 0.4) is 0 Å². The van der Waals surface area contributed by atoms with Gasteiger partial charge in [0.15, 0.2) is 5.82 Å². The maximum Gasteiger partial charge on any atom is 0.416 e. The summed E-state index contributed by atoms with van der Waals surface area (Å²) in [6.45, 7) is 5.10. The van der Waals surface area contributed by atoms with E-state index in [1.54, 1.807) is 28.9 Å². The maximum absolute atomic E-state index is 13.2. The van der Waals surface area contributed by atoms with Gasteiger partial charge in [0.1, 0.15) is 0 Å². The zero-order valence-electron chi connectivity index (χ0n) is 18.6. The molecule has 6 nitrogen and oxygen atoms in total. The zero-order chi connectivity index (χ0) is 24.5. The largest absolute Gasteiger partial charge is 0.460 e. The first-order valence-corrected chi connectivity index (χ1v) is 11.3. The summed E-state index contributed by atoms with van der Waals surface area (Å²) in [6.07, 6.45) is -4.66. The second-order valence-corrected chi connectivity index (χ2v) is 8.75. The third kappa shape index (κ3) is 5.12. The SMILES string of the molecule is Cc1ccc(C(=O)Nc2cccc(-n3nc(OC(C)C)nc3-c3cccs3)c2)cc1C(F)(F)F. The number of aryl methyl sites for hydroxylation is 1. The number of anilines is 1. The first-order valence-electron chi connectivity index (χ1n) is 10.4. The highest BCUT2D eigenvalue weighted by Gasteiger charge is 2.33. The Morgan fingerprint density at radius 3 is 2.59 bits per heavy atom. The molecule has 4 rings (SSSR count). The zero-order valence-corrected chi connectivity index (χ0v) is 19.4. The first kappa shape index (κ1) is 23.5. The molecular formula is C24H21F3N4O2S. The van der Waals surface area contributed by atoms with E-state index in [9.17, 15) is 18.0 Å². The van der Waals surface area contributed by atoms with E-state index < -0.39 is 17.6 Å². The predicted octanol–water partition coefficient (Wildman–Crippen LogP) is 6.36. The van der Waals surface area contributed by atoms with E-state index in [2.05, 4.69) is 15.4 Å². The fourth-order valence-electron chi connectivity index (χ4n) is 3.29. The Bertz CT molecular complexity index is 1310. The van der Waals surface area contributed by atoms with E-state index in [0.717, 1.165) is 10.9 Å². The lowest BCUT2D eigenvalue weighted by Crippen LogP contribution is -2.15. The summed E-state index contributed by atoms with van der Waals surface area (Å²) in [4.78, 5) is 18.1. The maximum atomic E-state index is 13.2. The predicted molar refractivity (Wildman–Crippen MR) is 125 cm³/mol. The lowest BCUT2D eigenvalue weighted by atomic mass is 10.0. The number of alkyl halides is 3. The van der Waals surface area contributed by atoms with Gasteiger partial charge in [0, 0.05) is 11.3 Å². The van der Waals surface area contributed by atoms with E-state index in [1.165, 1.54) is 30.4 Å². The first-order chi connectivity index (χ1) is 16.1. The lowest BCUT2D eigenvalue weighted by molar-refractivity contribution is -0.138. The van der Waals surface area contributed by atoms with Crippen LogP contribution in [0.4, 0.5) is 18.9 Å². The van der Waals surface area contributed by atoms with E-state index in [-0.39, 0.29) is 23.2 Å². The second kappa shape index (κ2) is 9.30. The molecule has 0 aliphatic carbocycles. The number of ether oxygens (including phenoxy) is 1. The molecule has 0 spiro atoms. The Morgan fingerprint density at radius 2 is 1.91 bits per heavy atom. The number of hydrogen-bond donors (Lipinski definition) is 1. The molecule has 10 heteroatoms. The Labute approximate surface area is 198 Å².